The molecule has 1 aromatic heterocycles. The van der Waals surface area contributed by atoms with Gasteiger partial charge in [0.1, 0.15) is 10.6 Å². The van der Waals surface area contributed by atoms with E-state index in [4.69, 9.17) is 4.74 Å². The average molecular weight is 302 g/mol. The summed E-state index contributed by atoms with van der Waals surface area (Å²) in [4.78, 5) is 12.0. The Kier molecular flexibility index (Phi) is 3.92. The Morgan fingerprint density at radius 2 is 2.05 bits per heavy atom. The second kappa shape index (κ2) is 5.85. The molecule has 1 heterocycles. The molecule has 0 atom stereocenters. The zero-order valence-corrected chi connectivity index (χ0v) is 13.0. The molecular formula is C16H18N2O2S. The Balaban J connectivity index is 1.77. The van der Waals surface area contributed by atoms with Gasteiger partial charge in [0.15, 0.2) is 0 Å². The molecule has 1 aromatic carbocycles. The summed E-state index contributed by atoms with van der Waals surface area (Å²) < 4.78 is 9.41. The molecule has 2 aromatic rings. The lowest BCUT2D eigenvalue weighted by molar-refractivity contribution is 0.0527. The number of rotatable bonds is 4. The van der Waals surface area contributed by atoms with Gasteiger partial charge >= 0.3 is 5.97 Å². The second-order valence-corrected chi connectivity index (χ2v) is 5.98. The van der Waals surface area contributed by atoms with Crippen LogP contribution >= 0.6 is 11.5 Å². The molecule has 0 amide bonds. The van der Waals surface area contributed by atoms with Crippen LogP contribution in [0.1, 0.15) is 34.1 Å². The number of carbonyl (C=O) groups is 1. The quantitative estimate of drug-likeness (QED) is 0.881. The third-order valence-electron chi connectivity index (χ3n) is 3.73. The average Bonchev–Trinajstić information content (AvgIpc) is 3.02. The van der Waals surface area contributed by atoms with Gasteiger partial charge in [0, 0.05) is 6.04 Å². The third kappa shape index (κ3) is 2.78. The summed E-state index contributed by atoms with van der Waals surface area (Å²) >= 11 is 1.33. The minimum Gasteiger partial charge on any atom is -0.462 e. The SMILES string of the molecule is CCOC(=O)c1c(C)nsc1NC1Cc2ccccc2C1. The van der Waals surface area contributed by atoms with Gasteiger partial charge in [-0.25, -0.2) is 4.79 Å². The van der Waals surface area contributed by atoms with E-state index >= 15 is 0 Å². The summed E-state index contributed by atoms with van der Waals surface area (Å²) in [7, 11) is 0. The smallest absolute Gasteiger partial charge is 0.343 e. The first-order valence-corrected chi connectivity index (χ1v) is 7.93. The minimum absolute atomic E-state index is 0.290. The van der Waals surface area contributed by atoms with Crippen molar-refractivity contribution in [3.8, 4) is 0 Å². The van der Waals surface area contributed by atoms with Gasteiger partial charge in [0.25, 0.3) is 0 Å². The molecule has 4 nitrogen and oxygen atoms in total. The third-order valence-corrected chi connectivity index (χ3v) is 4.60. The second-order valence-electron chi connectivity index (χ2n) is 5.21. The highest BCUT2D eigenvalue weighted by Crippen LogP contribution is 2.30. The van der Waals surface area contributed by atoms with E-state index in [9.17, 15) is 4.79 Å². The van der Waals surface area contributed by atoms with Gasteiger partial charge in [-0.3, -0.25) is 0 Å². The minimum atomic E-state index is -0.290. The number of hydrogen-bond acceptors (Lipinski definition) is 5. The van der Waals surface area contributed by atoms with Gasteiger partial charge < -0.3 is 10.1 Å². The number of aromatic nitrogens is 1. The largest absolute Gasteiger partial charge is 0.462 e. The monoisotopic (exact) mass is 302 g/mol. The van der Waals surface area contributed by atoms with Crippen molar-refractivity contribution in [1.82, 2.24) is 4.37 Å². The van der Waals surface area contributed by atoms with Crippen LogP contribution < -0.4 is 5.32 Å². The van der Waals surface area contributed by atoms with E-state index in [2.05, 4.69) is 34.0 Å². The molecule has 0 unspecified atom stereocenters. The Morgan fingerprint density at radius 3 is 2.67 bits per heavy atom. The molecule has 5 heteroatoms. The van der Waals surface area contributed by atoms with Crippen molar-refractivity contribution in [3.05, 3.63) is 46.6 Å². The van der Waals surface area contributed by atoms with Crippen LogP contribution in [0.3, 0.4) is 0 Å². The molecule has 0 aliphatic heterocycles. The van der Waals surface area contributed by atoms with Crippen LogP contribution in [-0.2, 0) is 17.6 Å². The summed E-state index contributed by atoms with van der Waals surface area (Å²) in [5, 5.41) is 4.29. The number of nitrogens with one attached hydrogen (secondary N) is 1. The Labute approximate surface area is 128 Å². The molecule has 1 N–H and O–H groups in total. The van der Waals surface area contributed by atoms with E-state index in [1.165, 1.54) is 22.7 Å². The van der Waals surface area contributed by atoms with E-state index in [-0.39, 0.29) is 5.97 Å². The summed E-state index contributed by atoms with van der Waals surface area (Å²) in [5.74, 6) is -0.290. The van der Waals surface area contributed by atoms with Crippen molar-refractivity contribution in [2.75, 3.05) is 11.9 Å². The number of aryl methyl sites for hydroxylation is 1. The highest BCUT2D eigenvalue weighted by atomic mass is 32.1. The fraction of sp³-hybridized carbons (Fsp3) is 0.375. The number of benzene rings is 1. The Bertz CT molecular complexity index is 641. The molecule has 0 bridgehead atoms. The van der Waals surface area contributed by atoms with Crippen LogP contribution in [0, 0.1) is 6.92 Å². The van der Waals surface area contributed by atoms with Gasteiger partial charge in [0.2, 0.25) is 0 Å². The Hall–Kier alpha value is -1.88. The van der Waals surface area contributed by atoms with E-state index in [1.807, 2.05) is 13.8 Å². The van der Waals surface area contributed by atoms with Gasteiger partial charge in [-0.1, -0.05) is 24.3 Å². The topological polar surface area (TPSA) is 51.2 Å². The fourth-order valence-electron chi connectivity index (χ4n) is 2.76. The highest BCUT2D eigenvalue weighted by Gasteiger charge is 2.25. The van der Waals surface area contributed by atoms with E-state index in [0.29, 0.717) is 18.2 Å². The molecule has 0 spiro atoms. The summed E-state index contributed by atoms with van der Waals surface area (Å²) in [6.45, 7) is 4.04. The van der Waals surface area contributed by atoms with Crippen molar-refractivity contribution < 1.29 is 9.53 Å². The normalized spacial score (nSPS) is 14.0. The van der Waals surface area contributed by atoms with Crippen LogP contribution in [0.15, 0.2) is 24.3 Å². The van der Waals surface area contributed by atoms with Crippen molar-refractivity contribution in [2.45, 2.75) is 32.7 Å². The molecule has 110 valence electrons. The maximum atomic E-state index is 12.0. The van der Waals surface area contributed by atoms with E-state index in [0.717, 1.165) is 23.5 Å². The molecule has 0 saturated heterocycles. The van der Waals surface area contributed by atoms with Gasteiger partial charge in [0.05, 0.1) is 12.3 Å². The van der Waals surface area contributed by atoms with E-state index in [1.54, 1.807) is 0 Å². The molecule has 0 radical (unpaired) electrons. The number of anilines is 1. The number of hydrogen-bond donors (Lipinski definition) is 1. The number of esters is 1. The summed E-state index contributed by atoms with van der Waals surface area (Å²) in [6, 6.07) is 8.79. The summed E-state index contributed by atoms with van der Waals surface area (Å²) in [6.07, 6.45) is 1.96. The predicted molar refractivity (Wildman–Crippen MR) is 84.1 cm³/mol. The van der Waals surface area contributed by atoms with Crippen LogP contribution in [-0.4, -0.2) is 23.0 Å². The molecule has 1 aliphatic rings. The number of fused-ring (bicyclic) bond motifs is 1. The zero-order valence-electron chi connectivity index (χ0n) is 12.2. The predicted octanol–water partition coefficient (Wildman–Crippen LogP) is 3.21. The fourth-order valence-corrected chi connectivity index (χ4v) is 3.62. The van der Waals surface area contributed by atoms with E-state index < -0.39 is 0 Å². The van der Waals surface area contributed by atoms with Crippen LogP contribution in [0.5, 0.6) is 0 Å². The van der Waals surface area contributed by atoms with Crippen LogP contribution in [0.2, 0.25) is 0 Å². The highest BCUT2D eigenvalue weighted by molar-refractivity contribution is 7.10. The van der Waals surface area contributed by atoms with Crippen molar-refractivity contribution >= 4 is 22.5 Å². The van der Waals surface area contributed by atoms with Crippen LogP contribution in [0.25, 0.3) is 0 Å². The lowest BCUT2D eigenvalue weighted by atomic mass is 10.1. The lowest BCUT2D eigenvalue weighted by Crippen LogP contribution is -2.20. The number of carbonyl (C=O) groups excluding carboxylic acids is 1. The standard InChI is InChI=1S/C16H18N2O2S/c1-3-20-16(19)14-10(2)18-21-15(14)17-13-8-11-6-4-5-7-12(11)9-13/h4-7,13,17H,3,8-9H2,1-2H3. The first-order chi connectivity index (χ1) is 10.2. The molecule has 21 heavy (non-hydrogen) atoms. The molecule has 3 rings (SSSR count). The van der Waals surface area contributed by atoms with Gasteiger partial charge in [-0.05, 0) is 49.3 Å². The van der Waals surface area contributed by atoms with Gasteiger partial charge in [-0.15, -0.1) is 0 Å². The lowest BCUT2D eigenvalue weighted by Gasteiger charge is -2.13. The molecule has 1 aliphatic carbocycles. The summed E-state index contributed by atoms with van der Waals surface area (Å²) in [5.41, 5.74) is 4.08. The van der Waals surface area contributed by atoms with Crippen LogP contribution in [0.4, 0.5) is 5.00 Å². The molecule has 0 fully saturated rings. The molecule has 0 saturated carbocycles. The maximum Gasteiger partial charge on any atom is 0.343 e. The first kappa shape index (κ1) is 14.1. The van der Waals surface area contributed by atoms with Crippen molar-refractivity contribution in [2.24, 2.45) is 0 Å². The van der Waals surface area contributed by atoms with Gasteiger partial charge in [-0.2, -0.15) is 4.37 Å². The number of nitrogens with zero attached hydrogens (tertiary/aromatic N) is 1. The Morgan fingerprint density at radius 1 is 1.38 bits per heavy atom. The first-order valence-electron chi connectivity index (χ1n) is 7.15. The van der Waals surface area contributed by atoms with Crippen molar-refractivity contribution in [1.29, 1.82) is 0 Å². The maximum absolute atomic E-state index is 12.0. The molecular weight excluding hydrogens is 284 g/mol. The zero-order chi connectivity index (χ0) is 14.8. The van der Waals surface area contributed by atoms with Crippen molar-refractivity contribution in [3.63, 3.8) is 0 Å². The number of ether oxygens (including phenoxy) is 1.